The van der Waals surface area contributed by atoms with Crippen LogP contribution < -0.4 is 10.6 Å². The Bertz CT molecular complexity index is 478. The molecule has 1 saturated heterocycles. The number of rotatable bonds is 9. The van der Waals surface area contributed by atoms with E-state index in [-0.39, 0.29) is 0 Å². The van der Waals surface area contributed by atoms with Crippen molar-refractivity contribution in [3.63, 3.8) is 0 Å². The molecule has 1 atom stereocenters. The maximum absolute atomic E-state index is 5.40. The second-order valence-corrected chi connectivity index (χ2v) is 7.13. The Labute approximate surface area is 153 Å². The third kappa shape index (κ3) is 7.51. The summed E-state index contributed by atoms with van der Waals surface area (Å²) in [6.07, 6.45) is 8.65. The van der Waals surface area contributed by atoms with Gasteiger partial charge in [0.05, 0.1) is 6.26 Å². The lowest BCUT2D eigenvalue weighted by Gasteiger charge is -2.33. The predicted octanol–water partition coefficient (Wildman–Crippen LogP) is 3.42. The van der Waals surface area contributed by atoms with Crippen molar-refractivity contribution >= 4 is 5.96 Å². The third-order valence-electron chi connectivity index (χ3n) is 4.96. The summed E-state index contributed by atoms with van der Waals surface area (Å²) in [5.41, 5.74) is 0. The zero-order valence-electron chi connectivity index (χ0n) is 16.3. The maximum atomic E-state index is 5.40. The normalized spacial score (nSPS) is 18.3. The Morgan fingerprint density at radius 3 is 2.80 bits per heavy atom. The monoisotopic (exact) mass is 348 g/mol. The molecule has 0 amide bonds. The van der Waals surface area contributed by atoms with Gasteiger partial charge in [-0.05, 0) is 51.3 Å². The van der Waals surface area contributed by atoms with Crippen molar-refractivity contribution in [2.24, 2.45) is 4.99 Å². The van der Waals surface area contributed by atoms with Crippen LogP contribution in [0, 0.1) is 0 Å². The lowest BCUT2D eigenvalue weighted by molar-refractivity contribution is 0.203. The standard InChI is InChI=1S/C20H36N4O/c1-4-6-13-24-14-10-18(11-15-24)23-20(22-17(3)5-2)21-12-9-19-8-7-16-25-19/h7-8,16-18H,4-6,9-15H2,1-3H3,(H2,21,22,23). The van der Waals surface area contributed by atoms with Gasteiger partial charge in [-0.3, -0.25) is 4.99 Å². The van der Waals surface area contributed by atoms with E-state index in [2.05, 4.69) is 36.3 Å². The molecule has 1 aromatic rings. The van der Waals surface area contributed by atoms with Crippen LogP contribution in [0.15, 0.2) is 27.8 Å². The molecule has 0 saturated carbocycles. The molecule has 0 radical (unpaired) electrons. The molecule has 1 aliphatic rings. The van der Waals surface area contributed by atoms with Crippen LogP contribution in [0.2, 0.25) is 0 Å². The average Bonchev–Trinajstić information content (AvgIpc) is 3.14. The van der Waals surface area contributed by atoms with Crippen LogP contribution in [0.25, 0.3) is 0 Å². The lowest BCUT2D eigenvalue weighted by atomic mass is 10.0. The van der Waals surface area contributed by atoms with Gasteiger partial charge in [-0.25, -0.2) is 0 Å². The number of aliphatic imine (C=N–C) groups is 1. The molecule has 5 heteroatoms. The minimum atomic E-state index is 0.430. The first-order valence-electron chi connectivity index (χ1n) is 10.0. The fourth-order valence-corrected chi connectivity index (χ4v) is 3.08. The van der Waals surface area contributed by atoms with Crippen molar-refractivity contribution in [3.8, 4) is 0 Å². The summed E-state index contributed by atoms with van der Waals surface area (Å²) < 4.78 is 5.40. The van der Waals surface area contributed by atoms with Crippen molar-refractivity contribution in [1.29, 1.82) is 0 Å². The van der Waals surface area contributed by atoms with E-state index >= 15 is 0 Å². The second-order valence-electron chi connectivity index (χ2n) is 7.13. The Balaban J connectivity index is 1.81. The number of piperidine rings is 1. The highest BCUT2D eigenvalue weighted by molar-refractivity contribution is 5.80. The van der Waals surface area contributed by atoms with Crippen molar-refractivity contribution < 1.29 is 4.42 Å². The summed E-state index contributed by atoms with van der Waals surface area (Å²) in [7, 11) is 0. The molecule has 25 heavy (non-hydrogen) atoms. The molecule has 1 unspecified atom stereocenters. The van der Waals surface area contributed by atoms with Crippen molar-refractivity contribution in [2.45, 2.75) is 71.4 Å². The lowest BCUT2D eigenvalue weighted by Crippen LogP contribution is -2.50. The Morgan fingerprint density at radius 1 is 1.36 bits per heavy atom. The fourth-order valence-electron chi connectivity index (χ4n) is 3.08. The van der Waals surface area contributed by atoms with Crippen molar-refractivity contribution in [3.05, 3.63) is 24.2 Å². The summed E-state index contributed by atoms with van der Waals surface area (Å²) in [5.74, 6) is 1.95. The number of hydrogen-bond donors (Lipinski definition) is 2. The SMILES string of the molecule is CCCCN1CCC(NC(=NCCc2ccco2)NC(C)CC)CC1. The van der Waals surface area contributed by atoms with E-state index in [1.165, 1.54) is 45.3 Å². The second kappa shape index (κ2) is 11.2. The number of unbranched alkanes of at least 4 members (excludes halogenated alkanes) is 1. The summed E-state index contributed by atoms with van der Waals surface area (Å²) in [4.78, 5) is 7.36. The quantitative estimate of drug-likeness (QED) is 0.530. The molecule has 0 bridgehead atoms. The zero-order chi connectivity index (χ0) is 17.9. The van der Waals surface area contributed by atoms with E-state index in [4.69, 9.17) is 9.41 Å². The number of nitrogens with zero attached hydrogens (tertiary/aromatic N) is 2. The molecule has 142 valence electrons. The number of guanidine groups is 1. The Kier molecular flexibility index (Phi) is 8.87. The minimum absolute atomic E-state index is 0.430. The molecule has 1 aliphatic heterocycles. The van der Waals surface area contributed by atoms with E-state index in [0.717, 1.165) is 31.1 Å². The van der Waals surface area contributed by atoms with Gasteiger partial charge in [0.25, 0.3) is 0 Å². The number of likely N-dealkylation sites (tertiary alicyclic amines) is 1. The average molecular weight is 349 g/mol. The van der Waals surface area contributed by atoms with Gasteiger partial charge in [0, 0.05) is 38.1 Å². The van der Waals surface area contributed by atoms with Crippen LogP contribution >= 0.6 is 0 Å². The molecule has 0 aromatic carbocycles. The molecule has 0 spiro atoms. The largest absolute Gasteiger partial charge is 0.469 e. The number of hydrogen-bond acceptors (Lipinski definition) is 3. The van der Waals surface area contributed by atoms with E-state index in [0.29, 0.717) is 12.1 Å². The van der Waals surface area contributed by atoms with Gasteiger partial charge in [0.15, 0.2) is 5.96 Å². The first-order chi connectivity index (χ1) is 12.2. The predicted molar refractivity (Wildman–Crippen MR) is 105 cm³/mol. The Morgan fingerprint density at radius 2 is 2.16 bits per heavy atom. The summed E-state index contributed by atoms with van der Waals surface area (Å²) >= 11 is 0. The topological polar surface area (TPSA) is 52.8 Å². The highest BCUT2D eigenvalue weighted by Gasteiger charge is 2.20. The Hall–Kier alpha value is -1.49. The minimum Gasteiger partial charge on any atom is -0.469 e. The van der Waals surface area contributed by atoms with Crippen LogP contribution in [-0.2, 0) is 6.42 Å². The molecule has 0 aliphatic carbocycles. The van der Waals surface area contributed by atoms with Crippen molar-refractivity contribution in [2.75, 3.05) is 26.2 Å². The van der Waals surface area contributed by atoms with Crippen LogP contribution in [0.3, 0.4) is 0 Å². The van der Waals surface area contributed by atoms with E-state index in [9.17, 15) is 0 Å². The van der Waals surface area contributed by atoms with Gasteiger partial charge in [-0.1, -0.05) is 20.3 Å². The molecule has 2 heterocycles. The number of furan rings is 1. The molecule has 1 fully saturated rings. The van der Waals surface area contributed by atoms with Crippen LogP contribution in [0.1, 0.15) is 58.6 Å². The third-order valence-corrected chi connectivity index (χ3v) is 4.96. The number of nitrogens with one attached hydrogen (secondary N) is 2. The van der Waals surface area contributed by atoms with E-state index in [1.54, 1.807) is 6.26 Å². The highest BCUT2D eigenvalue weighted by atomic mass is 16.3. The molecular formula is C20H36N4O. The molecule has 2 N–H and O–H groups in total. The van der Waals surface area contributed by atoms with Crippen LogP contribution in [0.5, 0.6) is 0 Å². The van der Waals surface area contributed by atoms with Gasteiger partial charge in [0.1, 0.15) is 5.76 Å². The maximum Gasteiger partial charge on any atom is 0.191 e. The van der Waals surface area contributed by atoms with E-state index in [1.807, 2.05) is 12.1 Å². The zero-order valence-corrected chi connectivity index (χ0v) is 16.3. The van der Waals surface area contributed by atoms with Gasteiger partial charge in [-0.2, -0.15) is 0 Å². The highest BCUT2D eigenvalue weighted by Crippen LogP contribution is 2.11. The first-order valence-corrected chi connectivity index (χ1v) is 10.0. The molecular weight excluding hydrogens is 312 g/mol. The fraction of sp³-hybridized carbons (Fsp3) is 0.750. The van der Waals surface area contributed by atoms with Crippen molar-refractivity contribution in [1.82, 2.24) is 15.5 Å². The van der Waals surface area contributed by atoms with Crippen LogP contribution in [0.4, 0.5) is 0 Å². The summed E-state index contributed by atoms with van der Waals surface area (Å²) in [6, 6.07) is 4.90. The van der Waals surface area contributed by atoms with Crippen LogP contribution in [-0.4, -0.2) is 49.1 Å². The smallest absolute Gasteiger partial charge is 0.191 e. The first kappa shape index (κ1) is 19.8. The molecule has 2 rings (SSSR count). The van der Waals surface area contributed by atoms with Gasteiger partial charge in [0.2, 0.25) is 0 Å². The van der Waals surface area contributed by atoms with E-state index < -0.39 is 0 Å². The van der Waals surface area contributed by atoms with Gasteiger partial charge < -0.3 is 20.0 Å². The summed E-state index contributed by atoms with van der Waals surface area (Å²) in [6.45, 7) is 11.1. The molecule has 5 nitrogen and oxygen atoms in total. The van der Waals surface area contributed by atoms with Gasteiger partial charge >= 0.3 is 0 Å². The van der Waals surface area contributed by atoms with Gasteiger partial charge in [-0.15, -0.1) is 0 Å². The molecule has 1 aromatic heterocycles. The summed E-state index contributed by atoms with van der Waals surface area (Å²) in [5, 5.41) is 7.19.